The lowest BCUT2D eigenvalue weighted by atomic mass is 9.89. The van der Waals surface area contributed by atoms with Crippen molar-refractivity contribution in [1.82, 2.24) is 24.6 Å². The van der Waals surface area contributed by atoms with Gasteiger partial charge in [0.25, 0.3) is 5.92 Å². The molecule has 2 aliphatic heterocycles. The number of carboxylic acid groups (broad SMARTS) is 1. The molecular formula is C40H46ClF2N5O3S. The van der Waals surface area contributed by atoms with Crippen molar-refractivity contribution in [2.45, 2.75) is 90.0 Å². The SMILES string of the molecule is Cc1cc2nc(-c3ccc4c(c3)c(C3CCN(C5CN(C(C)C(C)(F)F)C5)CC3)nn4C)sc2c(-c2ccc(Cl)cc2)c1[C@H](OC(C)(C)C)C(=O)O. The monoisotopic (exact) mass is 749 g/mol. The van der Waals surface area contributed by atoms with E-state index in [0.717, 1.165) is 86.9 Å². The Labute approximate surface area is 312 Å². The minimum absolute atomic E-state index is 0.290. The minimum Gasteiger partial charge on any atom is -0.479 e. The van der Waals surface area contributed by atoms with E-state index in [1.807, 2.05) is 74.7 Å². The first kappa shape index (κ1) is 36.9. The maximum Gasteiger partial charge on any atom is 0.337 e. The number of halogens is 3. The zero-order chi connectivity index (χ0) is 37.3. The predicted octanol–water partition coefficient (Wildman–Crippen LogP) is 9.33. The van der Waals surface area contributed by atoms with Crippen molar-refractivity contribution in [3.63, 3.8) is 0 Å². The first-order valence-electron chi connectivity index (χ1n) is 17.9. The van der Waals surface area contributed by atoms with E-state index in [2.05, 4.69) is 23.1 Å². The molecule has 0 radical (unpaired) electrons. The number of rotatable bonds is 9. The topological polar surface area (TPSA) is 83.7 Å². The van der Waals surface area contributed by atoms with Gasteiger partial charge in [-0.15, -0.1) is 11.3 Å². The zero-order valence-electron chi connectivity index (χ0n) is 30.7. The van der Waals surface area contributed by atoms with Gasteiger partial charge in [-0.2, -0.15) is 5.10 Å². The second kappa shape index (κ2) is 13.7. The summed E-state index contributed by atoms with van der Waals surface area (Å²) in [7, 11) is 1.98. The number of nitrogens with zero attached hydrogens (tertiary/aromatic N) is 5. The Bertz CT molecular complexity index is 2120. The Morgan fingerprint density at radius 2 is 1.69 bits per heavy atom. The van der Waals surface area contributed by atoms with Crippen LogP contribution in [0.3, 0.4) is 0 Å². The third kappa shape index (κ3) is 7.10. The Morgan fingerprint density at radius 3 is 2.31 bits per heavy atom. The third-order valence-electron chi connectivity index (χ3n) is 10.7. The number of thiazole rings is 1. The summed E-state index contributed by atoms with van der Waals surface area (Å²) in [6.07, 6.45) is 0.733. The van der Waals surface area contributed by atoms with E-state index in [0.29, 0.717) is 29.7 Å². The predicted molar refractivity (Wildman–Crippen MR) is 205 cm³/mol. The number of benzene rings is 3. The number of alkyl halides is 2. The van der Waals surface area contributed by atoms with E-state index < -0.39 is 29.6 Å². The average molecular weight is 750 g/mol. The number of aliphatic carboxylic acids is 1. The molecule has 7 rings (SSSR count). The number of likely N-dealkylation sites (tertiary alicyclic amines) is 2. The highest BCUT2D eigenvalue weighted by atomic mass is 35.5. The van der Waals surface area contributed by atoms with Crippen LogP contribution in [0.1, 0.15) is 76.3 Å². The highest BCUT2D eigenvalue weighted by molar-refractivity contribution is 7.22. The van der Waals surface area contributed by atoms with Gasteiger partial charge >= 0.3 is 5.97 Å². The third-order valence-corrected chi connectivity index (χ3v) is 12.1. The molecule has 2 saturated heterocycles. The molecule has 4 heterocycles. The molecule has 0 saturated carbocycles. The van der Waals surface area contributed by atoms with Gasteiger partial charge in [-0.3, -0.25) is 14.5 Å². The van der Waals surface area contributed by atoms with E-state index in [4.69, 9.17) is 26.4 Å². The standard InChI is InChI=1S/C40H46ClF2N5O3S/c1-22-18-30-36(33(24-8-11-27(41)12-9-24)32(22)35(38(49)50)51-39(3,4)5)52-37(44-30)26-10-13-31-29(19-26)34(45-46(31)7)25-14-16-47(17-15-25)28-20-48(21-28)23(2)40(6,42)43/h8-13,18-19,23,25,28,35H,14-17,20-21H2,1-7H3,(H,49,50)/t23?,35-/m0/s1. The number of carboxylic acids is 1. The van der Waals surface area contributed by atoms with Gasteiger partial charge in [-0.25, -0.2) is 18.6 Å². The van der Waals surface area contributed by atoms with Crippen LogP contribution in [0.25, 0.3) is 42.8 Å². The minimum atomic E-state index is -2.70. The summed E-state index contributed by atoms with van der Waals surface area (Å²) in [6, 6.07) is 15.4. The number of aromatic nitrogens is 3. The molecule has 52 heavy (non-hydrogen) atoms. The molecule has 2 aromatic heterocycles. The van der Waals surface area contributed by atoms with Crippen LogP contribution in [-0.4, -0.2) is 85.4 Å². The van der Waals surface area contributed by atoms with E-state index in [9.17, 15) is 18.7 Å². The van der Waals surface area contributed by atoms with E-state index >= 15 is 0 Å². The molecule has 1 N–H and O–H groups in total. The second-order valence-corrected chi connectivity index (χ2v) is 17.0. The van der Waals surface area contributed by atoms with Gasteiger partial charge in [0.2, 0.25) is 0 Å². The summed E-state index contributed by atoms with van der Waals surface area (Å²) in [6.45, 7) is 13.3. The molecular weight excluding hydrogens is 704 g/mol. The van der Waals surface area contributed by atoms with Crippen LogP contribution < -0.4 is 0 Å². The van der Waals surface area contributed by atoms with Crippen molar-refractivity contribution in [3.8, 4) is 21.7 Å². The largest absolute Gasteiger partial charge is 0.479 e. The molecule has 8 nitrogen and oxygen atoms in total. The van der Waals surface area contributed by atoms with Crippen molar-refractivity contribution in [1.29, 1.82) is 0 Å². The van der Waals surface area contributed by atoms with Crippen LogP contribution in [0.5, 0.6) is 0 Å². The highest BCUT2D eigenvalue weighted by Gasteiger charge is 2.43. The average Bonchev–Trinajstić information content (AvgIpc) is 3.62. The number of hydrogen-bond acceptors (Lipinski definition) is 7. The van der Waals surface area contributed by atoms with E-state index in [1.165, 1.54) is 0 Å². The summed E-state index contributed by atoms with van der Waals surface area (Å²) in [4.78, 5) is 22.2. The summed E-state index contributed by atoms with van der Waals surface area (Å²) in [5, 5.41) is 18.0. The van der Waals surface area contributed by atoms with Gasteiger partial charge in [-0.05, 0) is 108 Å². The Balaban J connectivity index is 1.21. The van der Waals surface area contributed by atoms with Crippen LogP contribution in [0.4, 0.5) is 8.78 Å². The normalized spacial score (nSPS) is 18.3. The molecule has 0 bridgehead atoms. The molecule has 5 aromatic rings. The fourth-order valence-corrected chi connectivity index (χ4v) is 9.03. The van der Waals surface area contributed by atoms with Crippen LogP contribution in [0.15, 0.2) is 48.5 Å². The fourth-order valence-electron chi connectivity index (χ4n) is 7.78. The second-order valence-electron chi connectivity index (χ2n) is 15.6. The van der Waals surface area contributed by atoms with Gasteiger partial charge < -0.3 is 9.84 Å². The Hall–Kier alpha value is -3.48. The number of fused-ring (bicyclic) bond motifs is 2. The zero-order valence-corrected chi connectivity index (χ0v) is 32.3. The molecule has 2 aliphatic rings. The number of hydrogen-bond donors (Lipinski definition) is 1. The van der Waals surface area contributed by atoms with Gasteiger partial charge in [0.15, 0.2) is 6.10 Å². The highest BCUT2D eigenvalue weighted by Crippen LogP contribution is 2.45. The van der Waals surface area contributed by atoms with Crippen LogP contribution >= 0.6 is 22.9 Å². The molecule has 2 atom stereocenters. The van der Waals surface area contributed by atoms with Crippen molar-refractivity contribution < 1.29 is 23.4 Å². The molecule has 0 spiro atoms. The summed E-state index contributed by atoms with van der Waals surface area (Å²) < 4.78 is 36.7. The molecule has 2 fully saturated rings. The Kier molecular flexibility index (Phi) is 9.74. The number of piperidine rings is 1. The molecule has 12 heteroatoms. The first-order chi connectivity index (χ1) is 24.5. The van der Waals surface area contributed by atoms with Crippen LogP contribution in [0, 0.1) is 6.92 Å². The van der Waals surface area contributed by atoms with Crippen molar-refractivity contribution in [2.24, 2.45) is 7.05 Å². The molecule has 1 unspecified atom stereocenters. The molecule has 276 valence electrons. The lowest BCUT2D eigenvalue weighted by molar-refractivity contribution is -0.160. The maximum atomic E-state index is 13.9. The quantitative estimate of drug-likeness (QED) is 0.161. The lowest BCUT2D eigenvalue weighted by Crippen LogP contribution is -2.65. The lowest BCUT2D eigenvalue weighted by Gasteiger charge is -2.50. The summed E-state index contributed by atoms with van der Waals surface area (Å²) >= 11 is 7.83. The van der Waals surface area contributed by atoms with Gasteiger partial charge in [0.05, 0.1) is 33.1 Å². The van der Waals surface area contributed by atoms with Gasteiger partial charge in [0, 0.05) is 66.1 Å². The smallest absolute Gasteiger partial charge is 0.337 e. The first-order valence-corrected chi connectivity index (χ1v) is 19.1. The van der Waals surface area contributed by atoms with Crippen molar-refractivity contribution in [3.05, 3.63) is 70.4 Å². The van der Waals surface area contributed by atoms with Crippen LogP contribution in [-0.2, 0) is 16.6 Å². The Morgan fingerprint density at radius 1 is 1.04 bits per heavy atom. The summed E-state index contributed by atoms with van der Waals surface area (Å²) in [5.41, 5.74) is 6.22. The van der Waals surface area contributed by atoms with Crippen molar-refractivity contribution >= 4 is 50.0 Å². The molecule has 3 aromatic carbocycles. The number of aryl methyl sites for hydroxylation is 2. The molecule has 0 amide bonds. The number of ether oxygens (including phenoxy) is 1. The van der Waals surface area contributed by atoms with Crippen LogP contribution in [0.2, 0.25) is 5.02 Å². The van der Waals surface area contributed by atoms with Gasteiger partial charge in [-0.1, -0.05) is 23.7 Å². The molecule has 0 aliphatic carbocycles. The van der Waals surface area contributed by atoms with E-state index in [1.54, 1.807) is 18.3 Å². The van der Waals surface area contributed by atoms with E-state index in [-0.39, 0.29) is 5.92 Å². The summed E-state index contributed by atoms with van der Waals surface area (Å²) in [5.74, 6) is -3.46. The van der Waals surface area contributed by atoms with Gasteiger partial charge in [0.1, 0.15) is 5.01 Å². The number of carbonyl (C=O) groups is 1. The fraction of sp³-hybridized carbons (Fsp3) is 0.475. The van der Waals surface area contributed by atoms with Crippen molar-refractivity contribution in [2.75, 3.05) is 26.2 Å². The maximum absolute atomic E-state index is 13.9.